The molecule has 4 bridgehead atoms. The normalized spacial score (nSPS) is 55.0. The van der Waals surface area contributed by atoms with Crippen molar-refractivity contribution in [2.24, 2.45) is 16.7 Å². The zero-order valence-electron chi connectivity index (χ0n) is 13.9. The van der Waals surface area contributed by atoms with Crippen molar-refractivity contribution < 1.29 is 19.3 Å². The molecule has 5 heterocycles. The molecule has 0 amide bonds. The van der Waals surface area contributed by atoms with Gasteiger partial charge in [0, 0.05) is 6.61 Å². The molecule has 0 unspecified atom stereocenters. The largest absolute Gasteiger partial charge is 0.376 e. The number of ether oxygens (including phenoxy) is 1. The van der Waals surface area contributed by atoms with E-state index in [1.54, 1.807) is 9.80 Å². The van der Waals surface area contributed by atoms with Crippen LogP contribution >= 0.6 is 0 Å². The van der Waals surface area contributed by atoms with E-state index in [4.69, 9.17) is 4.74 Å². The summed E-state index contributed by atoms with van der Waals surface area (Å²) in [6, 6.07) is 0. The van der Waals surface area contributed by atoms with Crippen molar-refractivity contribution in [1.82, 2.24) is 0 Å². The summed E-state index contributed by atoms with van der Waals surface area (Å²) in [6.45, 7) is 14.1. The van der Waals surface area contributed by atoms with Crippen LogP contribution in [0.1, 0.15) is 40.5 Å². The van der Waals surface area contributed by atoms with Crippen molar-refractivity contribution in [2.45, 2.75) is 52.3 Å². The van der Waals surface area contributed by atoms with Gasteiger partial charge in [-0.05, 0) is 40.5 Å². The number of quaternary nitrogens is 2. The zero-order valence-corrected chi connectivity index (χ0v) is 13.9. The van der Waals surface area contributed by atoms with Gasteiger partial charge >= 0.3 is 0 Å². The number of hydrogen-bond acceptors (Lipinski definition) is 2. The van der Waals surface area contributed by atoms with Crippen molar-refractivity contribution in [3.05, 3.63) is 0 Å². The van der Waals surface area contributed by atoms with Crippen molar-refractivity contribution in [3.63, 3.8) is 0 Å². The van der Waals surface area contributed by atoms with Gasteiger partial charge in [-0.1, -0.05) is 0 Å². The molecule has 5 aliphatic rings. The molecular formula is C17H30N2O2+2. The summed E-state index contributed by atoms with van der Waals surface area (Å²) in [7, 11) is 0. The lowest BCUT2D eigenvalue weighted by molar-refractivity contribution is -1.17. The molecule has 5 saturated heterocycles. The number of Topliss-reactive ketones (excluding diaryl/α,β-unsaturated/α-hetero) is 1. The van der Waals surface area contributed by atoms with E-state index < -0.39 is 0 Å². The molecule has 4 heteroatoms. The van der Waals surface area contributed by atoms with Crippen LogP contribution in [-0.2, 0) is 9.53 Å². The molecule has 0 aliphatic carbocycles. The van der Waals surface area contributed by atoms with Crippen molar-refractivity contribution in [1.29, 1.82) is 0 Å². The lowest BCUT2D eigenvalue weighted by Gasteiger charge is -2.60. The van der Waals surface area contributed by atoms with Crippen LogP contribution in [0, 0.1) is 16.7 Å². The summed E-state index contributed by atoms with van der Waals surface area (Å²) in [6.07, 6.45) is 3.07. The van der Waals surface area contributed by atoms with E-state index in [1.165, 1.54) is 12.8 Å². The predicted molar refractivity (Wildman–Crippen MR) is 79.2 cm³/mol. The first-order valence-corrected chi connectivity index (χ1v) is 8.61. The van der Waals surface area contributed by atoms with Gasteiger partial charge in [-0.25, -0.2) is 0 Å². The van der Waals surface area contributed by atoms with Gasteiger partial charge in [0.1, 0.15) is 10.8 Å². The summed E-state index contributed by atoms with van der Waals surface area (Å²) in [5.41, 5.74) is -0.0947. The Morgan fingerprint density at radius 2 is 1.52 bits per heavy atom. The van der Waals surface area contributed by atoms with Gasteiger partial charge in [-0.15, -0.1) is 0 Å². The molecule has 0 aromatic carbocycles. The highest BCUT2D eigenvalue weighted by atomic mass is 16.5. The number of nitrogens with one attached hydrogen (secondary N) is 2. The lowest BCUT2D eigenvalue weighted by Crippen LogP contribution is -3.45. The van der Waals surface area contributed by atoms with Gasteiger partial charge in [-0.3, -0.25) is 14.6 Å². The second kappa shape index (κ2) is 4.09. The van der Waals surface area contributed by atoms with E-state index in [-0.39, 0.29) is 16.4 Å². The molecule has 5 aliphatic heterocycles. The van der Waals surface area contributed by atoms with Gasteiger partial charge < -0.3 is 4.74 Å². The average Bonchev–Trinajstić information content (AvgIpc) is 2.33. The third kappa shape index (κ3) is 1.95. The van der Waals surface area contributed by atoms with E-state index in [1.807, 2.05) is 0 Å². The van der Waals surface area contributed by atoms with Crippen LogP contribution in [0.2, 0.25) is 0 Å². The average molecular weight is 294 g/mol. The first kappa shape index (κ1) is 14.2. The van der Waals surface area contributed by atoms with Crippen LogP contribution in [0.25, 0.3) is 0 Å². The Balaban J connectivity index is 1.62. The summed E-state index contributed by atoms with van der Waals surface area (Å²) in [5.74, 6) is 1.30. The maximum absolute atomic E-state index is 12.8. The minimum absolute atomic E-state index is 0.0301. The van der Waals surface area contributed by atoms with Gasteiger partial charge in [-0.2, -0.15) is 0 Å². The Bertz CT molecular complexity index is 447. The third-order valence-corrected chi connectivity index (χ3v) is 6.65. The van der Waals surface area contributed by atoms with Crippen molar-refractivity contribution in [3.8, 4) is 0 Å². The summed E-state index contributed by atoms with van der Waals surface area (Å²) in [5, 5.41) is 0. The quantitative estimate of drug-likeness (QED) is 0.645. The van der Waals surface area contributed by atoms with E-state index in [0.717, 1.165) is 38.7 Å². The topological polar surface area (TPSA) is 35.2 Å². The summed E-state index contributed by atoms with van der Waals surface area (Å²) in [4.78, 5) is 16.2. The highest BCUT2D eigenvalue weighted by Gasteiger charge is 2.69. The molecule has 4 nitrogen and oxygen atoms in total. The maximum atomic E-state index is 12.8. The van der Waals surface area contributed by atoms with Crippen LogP contribution in [0.15, 0.2) is 0 Å². The van der Waals surface area contributed by atoms with Crippen LogP contribution in [0.5, 0.6) is 0 Å². The lowest BCUT2D eigenvalue weighted by atomic mass is 9.61. The number of carbonyl (C=O) groups excluding carboxylic acids is 1. The molecule has 0 radical (unpaired) electrons. The molecule has 118 valence electrons. The van der Waals surface area contributed by atoms with Gasteiger partial charge in [0.2, 0.25) is 6.17 Å². The number of piperidine rings is 2. The second-order valence-corrected chi connectivity index (χ2v) is 9.31. The fourth-order valence-electron chi connectivity index (χ4n) is 6.26. The fraction of sp³-hybridized carbons (Fsp3) is 0.941. The monoisotopic (exact) mass is 294 g/mol. The van der Waals surface area contributed by atoms with Crippen LogP contribution in [-0.4, -0.2) is 50.3 Å². The maximum Gasteiger partial charge on any atom is 0.216 e. The molecule has 2 N–H and O–H groups in total. The van der Waals surface area contributed by atoms with Crippen LogP contribution in [0.4, 0.5) is 0 Å². The van der Waals surface area contributed by atoms with Gasteiger partial charge in [0.05, 0.1) is 37.7 Å². The molecule has 0 saturated carbocycles. The SMILES string of the molecule is CC1(C)C[C@@H](C2[NH+]3CC4(C)C[NH+]2CC(C)(C3)C4=O)CCO1. The van der Waals surface area contributed by atoms with Crippen molar-refractivity contribution in [2.75, 3.05) is 32.8 Å². The Morgan fingerprint density at radius 3 is 2.00 bits per heavy atom. The molecule has 0 aromatic heterocycles. The molecule has 5 rings (SSSR count). The number of hydrogen-bond donors (Lipinski definition) is 2. The Labute approximate surface area is 127 Å². The molecular weight excluding hydrogens is 264 g/mol. The van der Waals surface area contributed by atoms with Crippen molar-refractivity contribution >= 4 is 5.78 Å². The Hall–Kier alpha value is -0.450. The second-order valence-electron chi connectivity index (χ2n) is 9.31. The number of ketones is 1. The zero-order chi connectivity index (χ0) is 15.0. The first-order valence-electron chi connectivity index (χ1n) is 8.61. The fourth-order valence-corrected chi connectivity index (χ4v) is 6.26. The van der Waals surface area contributed by atoms with Crippen LogP contribution in [0.3, 0.4) is 0 Å². The molecule has 0 spiro atoms. The van der Waals surface area contributed by atoms with E-state index in [0.29, 0.717) is 11.9 Å². The summed E-state index contributed by atoms with van der Waals surface area (Å²) >= 11 is 0. The molecule has 1 atom stereocenters. The standard InChI is InChI=1S/C17H28N2O2/c1-15(2)7-12(5-6-21-15)13-18-8-16(3)9-19(13)11-17(4,10-18)14(16)20/h12-13H,5-11H2,1-4H3/p+2/t12-,13?,16?,17?/m0/s1. The smallest absolute Gasteiger partial charge is 0.216 e. The Kier molecular flexibility index (Phi) is 2.76. The molecule has 5 fully saturated rings. The first-order chi connectivity index (χ1) is 9.73. The predicted octanol–water partition coefficient (Wildman–Crippen LogP) is -1.09. The Morgan fingerprint density at radius 1 is 1.00 bits per heavy atom. The molecule has 21 heavy (non-hydrogen) atoms. The minimum Gasteiger partial charge on any atom is -0.376 e. The van der Waals surface area contributed by atoms with Crippen LogP contribution < -0.4 is 9.80 Å². The summed E-state index contributed by atoms with van der Waals surface area (Å²) < 4.78 is 5.92. The van der Waals surface area contributed by atoms with Gasteiger partial charge in [0.15, 0.2) is 5.78 Å². The minimum atomic E-state index is -0.0624. The highest BCUT2D eigenvalue weighted by molar-refractivity contribution is 5.91. The van der Waals surface area contributed by atoms with E-state index in [9.17, 15) is 4.79 Å². The highest BCUT2D eigenvalue weighted by Crippen LogP contribution is 2.37. The number of carbonyl (C=O) groups is 1. The number of rotatable bonds is 1. The third-order valence-electron chi connectivity index (χ3n) is 6.65. The van der Waals surface area contributed by atoms with Gasteiger partial charge in [0.25, 0.3) is 0 Å². The van der Waals surface area contributed by atoms with E-state index >= 15 is 0 Å². The van der Waals surface area contributed by atoms with E-state index in [2.05, 4.69) is 27.7 Å². The molecule has 0 aromatic rings.